The number of hydrogen-bond acceptors (Lipinski definition) is 6. The molecule has 0 radical (unpaired) electrons. The second-order valence-corrected chi connectivity index (χ2v) is 7.45. The third-order valence-corrected chi connectivity index (χ3v) is 5.34. The Hall–Kier alpha value is -3.89. The van der Waals surface area contributed by atoms with E-state index in [0.717, 1.165) is 12.1 Å². The molecule has 4 aromatic rings. The molecule has 0 spiro atoms. The fourth-order valence-corrected chi connectivity index (χ4v) is 3.59. The summed E-state index contributed by atoms with van der Waals surface area (Å²) in [6.45, 7) is 0.434. The molecule has 11 heteroatoms. The first-order chi connectivity index (χ1) is 15.3. The number of carbonyl (C=O) groups excluding carboxylic acids is 1. The van der Waals surface area contributed by atoms with E-state index in [1.165, 1.54) is 21.6 Å². The van der Waals surface area contributed by atoms with Crippen molar-refractivity contribution in [3.05, 3.63) is 70.5 Å². The molecule has 1 aliphatic rings. The van der Waals surface area contributed by atoms with Gasteiger partial charge in [-0.3, -0.25) is 9.36 Å². The molecule has 1 amide bonds. The van der Waals surface area contributed by atoms with Gasteiger partial charge in [0.05, 0.1) is 17.0 Å². The minimum absolute atomic E-state index is 0.0484. The number of benzene rings is 2. The zero-order chi connectivity index (χ0) is 22.5. The number of rotatable bonds is 4. The molecule has 32 heavy (non-hydrogen) atoms. The zero-order valence-corrected chi connectivity index (χ0v) is 16.4. The summed E-state index contributed by atoms with van der Waals surface area (Å²) in [7, 11) is 0. The lowest BCUT2D eigenvalue weighted by atomic mass is 10.00. The quantitative estimate of drug-likeness (QED) is 0.480. The molecule has 1 fully saturated rings. The molecule has 2 aromatic heterocycles. The number of likely N-dealkylation sites (tertiary alicyclic amines) is 1. The van der Waals surface area contributed by atoms with Crippen molar-refractivity contribution in [3.63, 3.8) is 0 Å². The highest BCUT2D eigenvalue weighted by Crippen LogP contribution is 2.32. The van der Waals surface area contributed by atoms with Gasteiger partial charge in [0.1, 0.15) is 6.54 Å². The van der Waals surface area contributed by atoms with Crippen molar-refractivity contribution in [2.45, 2.75) is 18.6 Å². The van der Waals surface area contributed by atoms with Gasteiger partial charge in [0.2, 0.25) is 17.6 Å². The van der Waals surface area contributed by atoms with Crippen molar-refractivity contribution in [3.8, 4) is 11.4 Å². The molecule has 0 unspecified atom stereocenters. The molecule has 1 saturated heterocycles. The van der Waals surface area contributed by atoms with Crippen LogP contribution in [0.3, 0.4) is 0 Å². The van der Waals surface area contributed by atoms with Crippen LogP contribution in [0.1, 0.15) is 17.4 Å². The maximum atomic E-state index is 12.9. The van der Waals surface area contributed by atoms with Crippen LogP contribution < -0.4 is 5.76 Å². The molecule has 0 saturated carbocycles. The van der Waals surface area contributed by atoms with Gasteiger partial charge in [0, 0.05) is 18.7 Å². The predicted octanol–water partition coefficient (Wildman–Crippen LogP) is 3.29. The molecular formula is C21H15F3N4O4. The van der Waals surface area contributed by atoms with Crippen molar-refractivity contribution in [2.24, 2.45) is 0 Å². The van der Waals surface area contributed by atoms with Crippen LogP contribution in [0.4, 0.5) is 13.2 Å². The van der Waals surface area contributed by atoms with Gasteiger partial charge in [-0.15, -0.1) is 0 Å². The van der Waals surface area contributed by atoms with E-state index in [2.05, 4.69) is 10.1 Å². The van der Waals surface area contributed by atoms with Gasteiger partial charge >= 0.3 is 11.9 Å². The van der Waals surface area contributed by atoms with Crippen LogP contribution in [0.15, 0.2) is 62.3 Å². The largest absolute Gasteiger partial charge is 0.420 e. The minimum Gasteiger partial charge on any atom is -0.408 e. The zero-order valence-electron chi connectivity index (χ0n) is 16.4. The van der Waals surface area contributed by atoms with Crippen LogP contribution in [0.25, 0.3) is 22.5 Å². The van der Waals surface area contributed by atoms with Crippen LogP contribution in [-0.2, 0) is 17.5 Å². The topological polar surface area (TPSA) is 94.4 Å². The summed E-state index contributed by atoms with van der Waals surface area (Å²) in [5, 5.41) is 3.77. The van der Waals surface area contributed by atoms with Gasteiger partial charge < -0.3 is 13.8 Å². The van der Waals surface area contributed by atoms with Crippen molar-refractivity contribution in [1.82, 2.24) is 19.6 Å². The minimum atomic E-state index is -4.47. The van der Waals surface area contributed by atoms with Crippen LogP contribution in [-0.4, -0.2) is 38.6 Å². The van der Waals surface area contributed by atoms with Crippen molar-refractivity contribution >= 4 is 17.0 Å². The van der Waals surface area contributed by atoms with E-state index in [9.17, 15) is 22.8 Å². The Morgan fingerprint density at radius 2 is 1.91 bits per heavy atom. The Morgan fingerprint density at radius 1 is 1.12 bits per heavy atom. The number of alkyl halides is 3. The number of fused-ring (bicyclic) bond motifs is 1. The van der Waals surface area contributed by atoms with Crippen LogP contribution >= 0.6 is 0 Å². The number of hydrogen-bond donors (Lipinski definition) is 0. The first kappa shape index (κ1) is 20.0. The molecular weight excluding hydrogens is 429 g/mol. The summed E-state index contributed by atoms with van der Waals surface area (Å²) in [4.78, 5) is 30.3. The Morgan fingerprint density at radius 3 is 2.69 bits per heavy atom. The number of halogens is 3. The standard InChI is InChI=1S/C21H15F3N4O4/c22-21(23,24)14-5-3-4-12(8-14)18-25-19(32-26-18)13-9-27(10-13)17(29)11-28-15-6-1-2-7-16(15)31-20(28)30/h1-8,13H,9-11H2. The lowest BCUT2D eigenvalue weighted by Crippen LogP contribution is -2.50. The van der Waals surface area contributed by atoms with Crippen molar-refractivity contribution in [1.29, 1.82) is 0 Å². The molecule has 0 bridgehead atoms. The van der Waals surface area contributed by atoms with E-state index in [4.69, 9.17) is 8.94 Å². The van der Waals surface area contributed by atoms with Crippen LogP contribution in [0.5, 0.6) is 0 Å². The molecule has 2 aromatic carbocycles. The Balaban J connectivity index is 1.25. The number of aromatic nitrogens is 3. The summed E-state index contributed by atoms with van der Waals surface area (Å²) in [6, 6.07) is 11.5. The van der Waals surface area contributed by atoms with Crippen LogP contribution in [0, 0.1) is 0 Å². The van der Waals surface area contributed by atoms with Crippen molar-refractivity contribution in [2.75, 3.05) is 13.1 Å². The molecule has 8 nitrogen and oxygen atoms in total. The highest BCUT2D eigenvalue weighted by Gasteiger charge is 2.36. The van der Waals surface area contributed by atoms with E-state index in [-0.39, 0.29) is 35.6 Å². The smallest absolute Gasteiger partial charge is 0.408 e. The molecule has 5 rings (SSSR count). The van der Waals surface area contributed by atoms with E-state index in [1.54, 1.807) is 24.3 Å². The lowest BCUT2D eigenvalue weighted by molar-refractivity contribution is -0.138. The van der Waals surface area contributed by atoms with Gasteiger partial charge in [-0.05, 0) is 24.3 Å². The Bertz CT molecular complexity index is 1370. The number of para-hydroxylation sites is 2. The molecule has 3 heterocycles. The summed E-state index contributed by atoms with van der Waals surface area (Å²) < 4.78 is 50.4. The molecule has 0 N–H and O–H groups in total. The molecule has 0 atom stereocenters. The predicted molar refractivity (Wildman–Crippen MR) is 105 cm³/mol. The number of nitrogens with zero attached hydrogens (tertiary/aromatic N) is 4. The van der Waals surface area contributed by atoms with E-state index in [1.807, 2.05) is 0 Å². The van der Waals surface area contributed by atoms with E-state index >= 15 is 0 Å². The maximum absolute atomic E-state index is 12.9. The monoisotopic (exact) mass is 444 g/mol. The van der Waals surface area contributed by atoms with Gasteiger partial charge in [-0.2, -0.15) is 18.2 Å². The summed E-state index contributed by atoms with van der Waals surface area (Å²) >= 11 is 0. The fourth-order valence-electron chi connectivity index (χ4n) is 3.59. The summed E-state index contributed by atoms with van der Waals surface area (Å²) in [5.74, 6) is -0.824. The maximum Gasteiger partial charge on any atom is 0.420 e. The van der Waals surface area contributed by atoms with Gasteiger partial charge in [0.15, 0.2) is 5.58 Å². The van der Waals surface area contributed by atoms with Gasteiger partial charge in [-0.25, -0.2) is 4.79 Å². The third-order valence-electron chi connectivity index (χ3n) is 5.34. The first-order valence-electron chi connectivity index (χ1n) is 9.67. The molecule has 1 aliphatic heterocycles. The average Bonchev–Trinajstić information content (AvgIpc) is 3.32. The Labute approximate surface area is 177 Å². The summed E-state index contributed by atoms with van der Waals surface area (Å²) in [6.07, 6.45) is -4.47. The lowest BCUT2D eigenvalue weighted by Gasteiger charge is -2.37. The number of carbonyl (C=O) groups is 1. The molecule has 164 valence electrons. The highest BCUT2D eigenvalue weighted by atomic mass is 19.4. The van der Waals surface area contributed by atoms with Gasteiger partial charge in [-0.1, -0.05) is 29.4 Å². The van der Waals surface area contributed by atoms with E-state index < -0.39 is 17.5 Å². The third kappa shape index (κ3) is 3.55. The molecule has 0 aliphatic carbocycles. The Kier molecular flexibility index (Phi) is 4.61. The average molecular weight is 444 g/mol. The second kappa shape index (κ2) is 7.36. The second-order valence-electron chi connectivity index (χ2n) is 7.45. The van der Waals surface area contributed by atoms with Crippen molar-refractivity contribution < 1.29 is 26.9 Å². The number of oxazole rings is 1. The van der Waals surface area contributed by atoms with Gasteiger partial charge in [0.25, 0.3) is 0 Å². The normalized spacial score (nSPS) is 14.7. The highest BCUT2D eigenvalue weighted by molar-refractivity contribution is 5.80. The number of amides is 1. The SMILES string of the molecule is O=C(Cn1c(=O)oc2ccccc21)N1CC(c2nc(-c3cccc(C(F)(F)F)c3)no2)C1. The van der Waals surface area contributed by atoms with Crippen LogP contribution in [0.2, 0.25) is 0 Å². The van der Waals surface area contributed by atoms with E-state index in [0.29, 0.717) is 24.2 Å². The fraction of sp³-hybridized carbons (Fsp3) is 0.238. The first-order valence-corrected chi connectivity index (χ1v) is 9.67. The summed E-state index contributed by atoms with van der Waals surface area (Å²) in [5.41, 5.74) is 0.322.